The minimum Gasteiger partial charge on any atom is -0.490 e. The van der Waals surface area contributed by atoms with Crippen LogP contribution in [0.15, 0.2) is 59.2 Å². The molecule has 1 aliphatic rings. The maximum atomic E-state index is 11.5. The van der Waals surface area contributed by atoms with Gasteiger partial charge in [-0.1, -0.05) is 24.6 Å². The predicted molar refractivity (Wildman–Crippen MR) is 136 cm³/mol. The lowest BCUT2D eigenvalue weighted by atomic mass is 9.92. The number of methoxy groups -OCH3 is 1. The average Bonchev–Trinajstić information content (AvgIpc) is 3.43. The molecule has 1 fully saturated rings. The Morgan fingerprint density at radius 2 is 1.86 bits per heavy atom. The Bertz CT molecular complexity index is 1110. The summed E-state index contributed by atoms with van der Waals surface area (Å²) in [6, 6.07) is 15.0. The molecule has 2 aromatic carbocycles. The van der Waals surface area contributed by atoms with E-state index in [1.165, 1.54) is 26.4 Å². The molecule has 1 atom stereocenters. The predicted octanol–water partition coefficient (Wildman–Crippen LogP) is 6.03. The highest BCUT2D eigenvalue weighted by molar-refractivity contribution is 5.70. The zero-order valence-corrected chi connectivity index (χ0v) is 20.3. The van der Waals surface area contributed by atoms with Gasteiger partial charge in [0.05, 0.1) is 31.5 Å². The Balaban J connectivity index is 1.54. The summed E-state index contributed by atoms with van der Waals surface area (Å²) in [5.41, 5.74) is 3.79. The SMILES string of the molecule is [CH2]C(Cc1ccc(-c2ccc(OC)c([N+](=O)[O-])c2)cc1COCCN1CCCCC1)c1ccco1. The molecule has 2 heterocycles. The van der Waals surface area contributed by atoms with Gasteiger partial charge in [0, 0.05) is 18.5 Å². The molecule has 0 saturated carbocycles. The van der Waals surface area contributed by atoms with E-state index in [0.29, 0.717) is 19.6 Å². The summed E-state index contributed by atoms with van der Waals surface area (Å²) >= 11 is 0. The number of nitro groups is 1. The third kappa shape index (κ3) is 6.50. The molecule has 1 unspecified atom stereocenters. The first-order valence-electron chi connectivity index (χ1n) is 12.2. The van der Waals surface area contributed by atoms with Gasteiger partial charge in [-0.2, -0.15) is 0 Å². The van der Waals surface area contributed by atoms with Gasteiger partial charge in [0.2, 0.25) is 0 Å². The van der Waals surface area contributed by atoms with Crippen molar-refractivity contribution in [2.75, 3.05) is 33.4 Å². The summed E-state index contributed by atoms with van der Waals surface area (Å²) in [5.74, 6) is 1.07. The zero-order chi connectivity index (χ0) is 24.6. The third-order valence-corrected chi connectivity index (χ3v) is 6.59. The number of likely N-dealkylation sites (tertiary alicyclic amines) is 1. The Kier molecular flexibility index (Phi) is 8.55. The third-order valence-electron chi connectivity index (χ3n) is 6.59. The fourth-order valence-corrected chi connectivity index (χ4v) is 4.60. The fourth-order valence-electron chi connectivity index (χ4n) is 4.60. The first-order chi connectivity index (χ1) is 17.0. The molecule has 1 radical (unpaired) electrons. The maximum absolute atomic E-state index is 11.5. The topological polar surface area (TPSA) is 78.0 Å². The first-order valence-corrected chi connectivity index (χ1v) is 12.2. The number of piperidine rings is 1. The Labute approximate surface area is 206 Å². The monoisotopic (exact) mass is 477 g/mol. The van der Waals surface area contributed by atoms with Crippen molar-refractivity contribution < 1.29 is 18.8 Å². The van der Waals surface area contributed by atoms with E-state index < -0.39 is 4.92 Å². The molecular formula is C28H33N2O5. The summed E-state index contributed by atoms with van der Waals surface area (Å²) in [5, 5.41) is 11.5. The van der Waals surface area contributed by atoms with E-state index in [2.05, 4.69) is 24.0 Å². The van der Waals surface area contributed by atoms with Crippen molar-refractivity contribution in [3.63, 3.8) is 0 Å². The van der Waals surface area contributed by atoms with E-state index >= 15 is 0 Å². The number of furan rings is 1. The van der Waals surface area contributed by atoms with Crippen LogP contribution in [-0.4, -0.2) is 43.2 Å². The first kappa shape index (κ1) is 24.9. The van der Waals surface area contributed by atoms with Crippen molar-refractivity contribution in [3.8, 4) is 16.9 Å². The lowest BCUT2D eigenvalue weighted by Gasteiger charge is -2.26. The molecule has 7 heteroatoms. The van der Waals surface area contributed by atoms with Crippen LogP contribution in [0.3, 0.4) is 0 Å². The van der Waals surface area contributed by atoms with Crippen LogP contribution in [0.2, 0.25) is 0 Å². The summed E-state index contributed by atoms with van der Waals surface area (Å²) < 4.78 is 16.8. The van der Waals surface area contributed by atoms with Crippen LogP contribution in [0.5, 0.6) is 5.75 Å². The van der Waals surface area contributed by atoms with Gasteiger partial charge in [0.25, 0.3) is 0 Å². The molecule has 35 heavy (non-hydrogen) atoms. The number of hydrogen-bond acceptors (Lipinski definition) is 6. The fraction of sp³-hybridized carbons (Fsp3) is 0.393. The van der Waals surface area contributed by atoms with Gasteiger partial charge in [-0.05, 0) is 85.8 Å². The van der Waals surface area contributed by atoms with E-state index in [-0.39, 0.29) is 17.4 Å². The van der Waals surface area contributed by atoms with Crippen molar-refractivity contribution in [3.05, 3.63) is 88.7 Å². The highest BCUT2D eigenvalue weighted by Gasteiger charge is 2.18. The van der Waals surface area contributed by atoms with Gasteiger partial charge < -0.3 is 18.8 Å². The van der Waals surface area contributed by atoms with Crippen LogP contribution >= 0.6 is 0 Å². The Morgan fingerprint density at radius 3 is 2.57 bits per heavy atom. The van der Waals surface area contributed by atoms with Gasteiger partial charge in [-0.25, -0.2) is 0 Å². The average molecular weight is 478 g/mol. The number of benzene rings is 2. The zero-order valence-electron chi connectivity index (χ0n) is 20.3. The van der Waals surface area contributed by atoms with E-state index in [4.69, 9.17) is 13.9 Å². The van der Waals surface area contributed by atoms with Crippen LogP contribution in [0.25, 0.3) is 11.1 Å². The molecule has 0 amide bonds. The van der Waals surface area contributed by atoms with E-state index in [0.717, 1.165) is 47.6 Å². The van der Waals surface area contributed by atoms with Gasteiger partial charge in [0.1, 0.15) is 5.76 Å². The molecule has 185 valence electrons. The normalized spacial score (nSPS) is 15.1. The van der Waals surface area contributed by atoms with Gasteiger partial charge >= 0.3 is 5.69 Å². The van der Waals surface area contributed by atoms with Crippen molar-refractivity contribution in [1.82, 2.24) is 4.90 Å². The number of nitrogens with zero attached hydrogens (tertiary/aromatic N) is 2. The molecule has 3 aromatic rings. The summed E-state index contributed by atoms with van der Waals surface area (Å²) in [4.78, 5) is 13.5. The van der Waals surface area contributed by atoms with Crippen molar-refractivity contribution in [2.45, 2.75) is 38.2 Å². The van der Waals surface area contributed by atoms with Crippen LogP contribution in [0, 0.1) is 17.0 Å². The standard InChI is InChI=1S/C28H33N2O5/c1-21(27-7-6-15-35-27)17-22-8-9-23(24-10-11-28(33-2)26(19-24)30(31)32)18-25(22)20-34-16-14-29-12-4-3-5-13-29/h6-11,15,18-19,21H,1,3-5,12-14,16-17,20H2,2H3. The minimum atomic E-state index is -0.419. The van der Waals surface area contributed by atoms with Crippen LogP contribution in [0.1, 0.15) is 42.1 Å². The number of hydrogen-bond donors (Lipinski definition) is 0. The number of nitro benzene ring substituents is 1. The second kappa shape index (κ2) is 12.0. The van der Waals surface area contributed by atoms with E-state index in [1.54, 1.807) is 18.4 Å². The second-order valence-corrected chi connectivity index (χ2v) is 9.00. The lowest BCUT2D eigenvalue weighted by molar-refractivity contribution is -0.385. The van der Waals surface area contributed by atoms with E-state index in [9.17, 15) is 10.1 Å². The summed E-state index contributed by atoms with van der Waals surface area (Å²) in [6.45, 7) is 8.64. The van der Waals surface area contributed by atoms with Gasteiger partial charge in [0.15, 0.2) is 5.75 Å². The highest BCUT2D eigenvalue weighted by atomic mass is 16.6. The molecule has 0 aliphatic carbocycles. The maximum Gasteiger partial charge on any atom is 0.311 e. The minimum absolute atomic E-state index is 0.0231. The summed E-state index contributed by atoms with van der Waals surface area (Å²) in [6.07, 6.45) is 6.22. The second-order valence-electron chi connectivity index (χ2n) is 9.00. The smallest absolute Gasteiger partial charge is 0.311 e. The number of ether oxygens (including phenoxy) is 2. The van der Waals surface area contributed by atoms with Gasteiger partial charge in [-0.3, -0.25) is 10.1 Å². The van der Waals surface area contributed by atoms with Gasteiger partial charge in [-0.15, -0.1) is 0 Å². The lowest BCUT2D eigenvalue weighted by Crippen LogP contribution is -2.32. The van der Waals surface area contributed by atoms with Crippen molar-refractivity contribution >= 4 is 5.69 Å². The molecule has 1 aliphatic heterocycles. The molecule has 1 saturated heterocycles. The molecule has 0 bridgehead atoms. The molecule has 1 aromatic heterocycles. The quantitative estimate of drug-likeness (QED) is 0.191. The van der Waals surface area contributed by atoms with Crippen LogP contribution in [-0.2, 0) is 17.8 Å². The molecular weight excluding hydrogens is 444 g/mol. The van der Waals surface area contributed by atoms with Crippen molar-refractivity contribution in [1.29, 1.82) is 0 Å². The van der Waals surface area contributed by atoms with E-state index in [1.807, 2.05) is 24.3 Å². The summed E-state index contributed by atoms with van der Waals surface area (Å²) in [7, 11) is 1.43. The number of rotatable bonds is 11. The Hall–Kier alpha value is -3.16. The van der Waals surface area contributed by atoms with Crippen LogP contribution < -0.4 is 4.74 Å². The molecule has 7 nitrogen and oxygen atoms in total. The van der Waals surface area contributed by atoms with Crippen LogP contribution in [0.4, 0.5) is 5.69 Å². The largest absolute Gasteiger partial charge is 0.490 e. The highest BCUT2D eigenvalue weighted by Crippen LogP contribution is 2.33. The van der Waals surface area contributed by atoms with Crippen molar-refractivity contribution in [2.24, 2.45) is 0 Å². The molecule has 4 rings (SSSR count). The molecule has 0 spiro atoms. The molecule has 0 N–H and O–H groups in total. The Morgan fingerprint density at radius 1 is 1.09 bits per heavy atom.